The molecule has 3 aromatic rings. The Labute approximate surface area is 173 Å². The number of rotatable bonds is 3. The fourth-order valence-corrected chi connectivity index (χ4v) is 4.72. The average Bonchev–Trinajstić information content (AvgIpc) is 3.05. The minimum atomic E-state index is -3.52. The third-order valence-corrected chi connectivity index (χ3v) is 6.40. The standard InChI is InChI=1S/C21H22FN3O4S/c1-23-20(26)17-16-12-14-6-4-3-5-11-25(30(2,27)28)19(14)24-21(16)29-18(17)13-7-9-15(22)10-8-13/h7-10,12H,3-6,11H2,1-2H3,(H,23,26). The number of aryl methyl sites for hydroxylation is 1. The molecule has 1 N–H and O–H groups in total. The molecule has 0 bridgehead atoms. The topological polar surface area (TPSA) is 92.5 Å². The van der Waals surface area contributed by atoms with Crippen LogP contribution >= 0.6 is 0 Å². The molecule has 4 rings (SSSR count). The van der Waals surface area contributed by atoms with Gasteiger partial charge in [-0.3, -0.25) is 9.10 Å². The van der Waals surface area contributed by atoms with Gasteiger partial charge in [0.25, 0.3) is 5.91 Å². The number of halogens is 1. The van der Waals surface area contributed by atoms with Crippen molar-refractivity contribution in [2.75, 3.05) is 24.2 Å². The van der Waals surface area contributed by atoms with Crippen LogP contribution in [0.4, 0.5) is 10.2 Å². The minimum absolute atomic E-state index is 0.167. The van der Waals surface area contributed by atoms with E-state index in [2.05, 4.69) is 10.3 Å². The highest BCUT2D eigenvalue weighted by molar-refractivity contribution is 7.92. The van der Waals surface area contributed by atoms with Crippen LogP contribution in [-0.2, 0) is 16.4 Å². The predicted molar refractivity (Wildman–Crippen MR) is 113 cm³/mol. The molecule has 0 spiro atoms. The van der Waals surface area contributed by atoms with Gasteiger partial charge in [-0.2, -0.15) is 4.98 Å². The highest BCUT2D eigenvalue weighted by Crippen LogP contribution is 2.37. The molecule has 2 aromatic heterocycles. The second-order valence-corrected chi connectivity index (χ2v) is 9.27. The van der Waals surface area contributed by atoms with Crippen LogP contribution in [0.3, 0.4) is 0 Å². The molecule has 0 saturated heterocycles. The Morgan fingerprint density at radius 1 is 1.20 bits per heavy atom. The summed E-state index contributed by atoms with van der Waals surface area (Å²) in [5, 5.41) is 3.11. The lowest BCUT2D eigenvalue weighted by atomic mass is 10.0. The summed E-state index contributed by atoms with van der Waals surface area (Å²) in [5.41, 5.74) is 1.74. The summed E-state index contributed by atoms with van der Waals surface area (Å²) in [4.78, 5) is 17.2. The Bertz CT molecular complexity index is 1220. The van der Waals surface area contributed by atoms with Crippen molar-refractivity contribution in [3.8, 4) is 11.3 Å². The number of carbonyl (C=O) groups is 1. The zero-order valence-corrected chi connectivity index (χ0v) is 17.6. The number of hydrogen-bond donors (Lipinski definition) is 1. The Morgan fingerprint density at radius 2 is 1.93 bits per heavy atom. The molecule has 0 aliphatic carbocycles. The van der Waals surface area contributed by atoms with E-state index in [0.717, 1.165) is 31.1 Å². The van der Waals surface area contributed by atoms with Crippen molar-refractivity contribution < 1.29 is 22.0 Å². The van der Waals surface area contributed by atoms with E-state index < -0.39 is 15.8 Å². The van der Waals surface area contributed by atoms with Crippen LogP contribution in [0.2, 0.25) is 0 Å². The maximum absolute atomic E-state index is 13.4. The van der Waals surface area contributed by atoms with Gasteiger partial charge in [0.1, 0.15) is 17.4 Å². The van der Waals surface area contributed by atoms with Crippen LogP contribution in [0.1, 0.15) is 35.2 Å². The molecule has 7 nitrogen and oxygen atoms in total. The predicted octanol–water partition coefficient (Wildman–Crippen LogP) is 3.49. The van der Waals surface area contributed by atoms with E-state index in [-0.39, 0.29) is 17.4 Å². The first-order valence-electron chi connectivity index (χ1n) is 9.71. The lowest BCUT2D eigenvalue weighted by Gasteiger charge is -2.25. The largest absolute Gasteiger partial charge is 0.437 e. The van der Waals surface area contributed by atoms with Crippen molar-refractivity contribution in [1.29, 1.82) is 0 Å². The van der Waals surface area contributed by atoms with Gasteiger partial charge in [0.2, 0.25) is 15.7 Å². The van der Waals surface area contributed by atoms with Crippen LogP contribution in [0.5, 0.6) is 0 Å². The van der Waals surface area contributed by atoms with E-state index >= 15 is 0 Å². The van der Waals surface area contributed by atoms with E-state index in [0.29, 0.717) is 35.3 Å². The summed E-state index contributed by atoms with van der Waals surface area (Å²) in [6, 6.07) is 7.42. The number of anilines is 1. The maximum Gasteiger partial charge on any atom is 0.255 e. The number of aromatic nitrogens is 1. The summed E-state index contributed by atoms with van der Waals surface area (Å²) in [6.45, 7) is 0.345. The fraction of sp³-hybridized carbons (Fsp3) is 0.333. The molecule has 0 atom stereocenters. The molecule has 3 heterocycles. The van der Waals surface area contributed by atoms with Crippen molar-refractivity contribution in [2.45, 2.75) is 25.7 Å². The number of hydrogen-bond acceptors (Lipinski definition) is 5. The number of carbonyl (C=O) groups excluding carboxylic acids is 1. The Kier molecular flexibility index (Phi) is 5.23. The summed E-state index contributed by atoms with van der Waals surface area (Å²) >= 11 is 0. The SMILES string of the molecule is CNC(=O)c1c(-c2ccc(F)cc2)oc2nc3c(cc12)CCCCCN3S(C)(=O)=O. The van der Waals surface area contributed by atoms with Gasteiger partial charge in [0, 0.05) is 19.2 Å². The molecular formula is C21H22FN3O4S. The summed E-state index contributed by atoms with van der Waals surface area (Å²) < 4.78 is 45.4. The fourth-order valence-electron chi connectivity index (χ4n) is 3.79. The quantitative estimate of drug-likeness (QED) is 0.685. The van der Waals surface area contributed by atoms with E-state index in [1.54, 1.807) is 6.07 Å². The van der Waals surface area contributed by atoms with E-state index in [9.17, 15) is 17.6 Å². The zero-order valence-electron chi connectivity index (χ0n) is 16.7. The highest BCUT2D eigenvalue weighted by Gasteiger charge is 2.28. The molecule has 0 unspecified atom stereocenters. The maximum atomic E-state index is 13.4. The minimum Gasteiger partial charge on any atom is -0.437 e. The van der Waals surface area contributed by atoms with Crippen LogP contribution in [-0.4, -0.2) is 39.2 Å². The molecule has 9 heteroatoms. The number of nitrogens with zero attached hydrogens (tertiary/aromatic N) is 2. The van der Waals surface area contributed by atoms with Gasteiger partial charge in [-0.1, -0.05) is 6.42 Å². The lowest BCUT2D eigenvalue weighted by Crippen LogP contribution is -2.33. The average molecular weight is 431 g/mol. The molecule has 1 aromatic carbocycles. The number of sulfonamides is 1. The third kappa shape index (κ3) is 3.65. The first-order valence-corrected chi connectivity index (χ1v) is 11.6. The molecule has 1 aliphatic heterocycles. The molecule has 30 heavy (non-hydrogen) atoms. The molecule has 1 aliphatic rings. The van der Waals surface area contributed by atoms with Gasteiger partial charge < -0.3 is 9.73 Å². The number of furan rings is 1. The molecule has 158 valence electrons. The lowest BCUT2D eigenvalue weighted by molar-refractivity contribution is 0.0964. The molecule has 1 amide bonds. The summed E-state index contributed by atoms with van der Waals surface area (Å²) in [5.74, 6) is -0.157. The number of nitrogens with one attached hydrogen (secondary N) is 1. The Morgan fingerprint density at radius 3 is 2.60 bits per heavy atom. The molecule has 0 saturated carbocycles. The van der Waals surface area contributed by atoms with Crippen molar-refractivity contribution in [2.24, 2.45) is 0 Å². The van der Waals surface area contributed by atoms with E-state index in [4.69, 9.17) is 4.42 Å². The van der Waals surface area contributed by atoms with Gasteiger partial charge in [0.05, 0.1) is 17.2 Å². The monoisotopic (exact) mass is 431 g/mol. The first kappa shape index (κ1) is 20.3. The summed E-state index contributed by atoms with van der Waals surface area (Å²) in [7, 11) is -2.00. The van der Waals surface area contributed by atoms with Gasteiger partial charge in [0.15, 0.2) is 0 Å². The van der Waals surface area contributed by atoms with Crippen LogP contribution in [0.25, 0.3) is 22.4 Å². The van der Waals surface area contributed by atoms with Gasteiger partial charge in [-0.25, -0.2) is 12.8 Å². The van der Waals surface area contributed by atoms with Crippen molar-refractivity contribution >= 4 is 32.8 Å². The normalized spacial score (nSPS) is 14.8. The third-order valence-electron chi connectivity index (χ3n) is 5.24. The summed E-state index contributed by atoms with van der Waals surface area (Å²) in [6.07, 6.45) is 4.35. The first-order chi connectivity index (χ1) is 14.3. The van der Waals surface area contributed by atoms with Crippen molar-refractivity contribution in [3.05, 3.63) is 47.3 Å². The smallest absolute Gasteiger partial charge is 0.255 e. The number of benzene rings is 1. The zero-order chi connectivity index (χ0) is 21.5. The number of pyridine rings is 1. The number of amides is 1. The molecule has 0 fully saturated rings. The van der Waals surface area contributed by atoms with Gasteiger partial charge >= 0.3 is 0 Å². The molecule has 0 radical (unpaired) electrons. The van der Waals surface area contributed by atoms with E-state index in [1.807, 2.05) is 0 Å². The molecular weight excluding hydrogens is 409 g/mol. The Hall–Kier alpha value is -2.94. The van der Waals surface area contributed by atoms with Gasteiger partial charge in [-0.05, 0) is 55.2 Å². The van der Waals surface area contributed by atoms with Crippen molar-refractivity contribution in [3.63, 3.8) is 0 Å². The number of fused-ring (bicyclic) bond motifs is 2. The van der Waals surface area contributed by atoms with E-state index in [1.165, 1.54) is 35.6 Å². The highest BCUT2D eigenvalue weighted by atomic mass is 32.2. The van der Waals surface area contributed by atoms with Crippen molar-refractivity contribution in [1.82, 2.24) is 10.3 Å². The second-order valence-electron chi connectivity index (χ2n) is 7.36. The van der Waals surface area contributed by atoms with Crippen LogP contribution in [0, 0.1) is 5.82 Å². The van der Waals surface area contributed by atoms with Gasteiger partial charge in [-0.15, -0.1) is 0 Å². The Balaban J connectivity index is 1.99. The van der Waals surface area contributed by atoms with Crippen LogP contribution < -0.4 is 9.62 Å². The second kappa shape index (κ2) is 7.71. The van der Waals surface area contributed by atoms with Crippen LogP contribution in [0.15, 0.2) is 34.7 Å².